The monoisotopic (exact) mass is 300 g/mol. The molecule has 0 fully saturated rings. The number of anilines is 1. The summed E-state index contributed by atoms with van der Waals surface area (Å²) >= 11 is 6.21. The molecule has 6 heteroatoms. The van der Waals surface area contributed by atoms with Crippen molar-refractivity contribution in [3.05, 3.63) is 46.6 Å². The maximum absolute atomic E-state index is 8.74. The van der Waals surface area contributed by atoms with Gasteiger partial charge in [-0.2, -0.15) is 5.26 Å². The Hall–Kier alpha value is -2.32. The van der Waals surface area contributed by atoms with E-state index >= 15 is 0 Å². The normalized spacial score (nSPS) is 17.0. The Bertz CT molecular complexity index is 681. The molecule has 2 heterocycles. The molecular formula is C15H13ClN4O. The van der Waals surface area contributed by atoms with E-state index in [0.717, 1.165) is 24.2 Å². The van der Waals surface area contributed by atoms with Crippen LogP contribution in [0.3, 0.4) is 0 Å². The first-order chi connectivity index (χ1) is 10.3. The summed E-state index contributed by atoms with van der Waals surface area (Å²) in [5.74, 6) is 1.36. The Labute approximate surface area is 127 Å². The molecule has 21 heavy (non-hydrogen) atoms. The van der Waals surface area contributed by atoms with Crippen molar-refractivity contribution in [2.45, 2.75) is 18.9 Å². The second-order valence-electron chi connectivity index (χ2n) is 4.76. The SMILES string of the molecule is N#Cc1ccc(NC2CCCOc3c(Cl)cccc32)nn1. The number of rotatable bonds is 2. The van der Waals surface area contributed by atoms with Crippen LogP contribution in [0.1, 0.15) is 30.1 Å². The van der Waals surface area contributed by atoms with E-state index in [0.29, 0.717) is 23.1 Å². The van der Waals surface area contributed by atoms with E-state index in [2.05, 4.69) is 15.5 Å². The van der Waals surface area contributed by atoms with Crippen LogP contribution in [0.5, 0.6) is 5.75 Å². The van der Waals surface area contributed by atoms with Crippen LogP contribution in [0.25, 0.3) is 0 Å². The Morgan fingerprint density at radius 2 is 2.19 bits per heavy atom. The zero-order chi connectivity index (χ0) is 14.7. The standard InChI is InChI=1S/C15H13ClN4O/c16-12-4-1-3-11-13(5-2-8-21-15(11)12)18-14-7-6-10(9-17)19-20-14/h1,3-4,6-7,13H,2,5,8H2,(H,18,20). The van der Waals surface area contributed by atoms with Crippen molar-refractivity contribution in [3.63, 3.8) is 0 Å². The average Bonchev–Trinajstić information content (AvgIpc) is 2.72. The first kappa shape index (κ1) is 13.7. The summed E-state index contributed by atoms with van der Waals surface area (Å²) in [5.41, 5.74) is 1.32. The van der Waals surface area contributed by atoms with Gasteiger partial charge in [-0.25, -0.2) is 0 Å². The van der Waals surface area contributed by atoms with E-state index in [4.69, 9.17) is 21.6 Å². The molecule has 0 bridgehead atoms. The summed E-state index contributed by atoms with van der Waals surface area (Å²) in [6.45, 7) is 0.647. The third kappa shape index (κ3) is 2.91. The van der Waals surface area contributed by atoms with Gasteiger partial charge in [-0.15, -0.1) is 10.2 Å². The number of nitrogens with zero attached hydrogens (tertiary/aromatic N) is 3. The molecule has 1 aromatic carbocycles. The fourth-order valence-corrected chi connectivity index (χ4v) is 2.60. The predicted molar refractivity (Wildman–Crippen MR) is 79.3 cm³/mol. The molecule has 5 nitrogen and oxygen atoms in total. The van der Waals surface area contributed by atoms with Gasteiger partial charge >= 0.3 is 0 Å². The Balaban J connectivity index is 1.88. The number of para-hydroxylation sites is 1. The molecule has 0 radical (unpaired) electrons. The third-order valence-corrected chi connectivity index (χ3v) is 3.66. The molecule has 0 saturated carbocycles. The minimum Gasteiger partial charge on any atom is -0.492 e. The predicted octanol–water partition coefficient (Wildman–Crippen LogP) is 3.33. The molecular weight excluding hydrogens is 288 g/mol. The largest absolute Gasteiger partial charge is 0.492 e. The third-order valence-electron chi connectivity index (χ3n) is 3.36. The summed E-state index contributed by atoms with van der Waals surface area (Å²) in [6.07, 6.45) is 1.83. The van der Waals surface area contributed by atoms with Crippen LogP contribution >= 0.6 is 11.6 Å². The first-order valence-corrected chi connectivity index (χ1v) is 7.07. The maximum Gasteiger partial charge on any atom is 0.163 e. The number of hydrogen-bond acceptors (Lipinski definition) is 5. The van der Waals surface area contributed by atoms with Gasteiger partial charge in [0.05, 0.1) is 17.7 Å². The zero-order valence-corrected chi connectivity index (χ0v) is 12.0. The minimum absolute atomic E-state index is 0.0587. The van der Waals surface area contributed by atoms with Crippen molar-refractivity contribution in [2.24, 2.45) is 0 Å². The lowest BCUT2D eigenvalue weighted by atomic mass is 10.0. The van der Waals surface area contributed by atoms with Crippen LogP contribution in [-0.4, -0.2) is 16.8 Å². The van der Waals surface area contributed by atoms with E-state index in [-0.39, 0.29) is 6.04 Å². The topological polar surface area (TPSA) is 70.8 Å². The van der Waals surface area contributed by atoms with Crippen molar-refractivity contribution in [1.29, 1.82) is 5.26 Å². The van der Waals surface area contributed by atoms with E-state index in [1.807, 2.05) is 24.3 Å². The van der Waals surface area contributed by atoms with Gasteiger partial charge < -0.3 is 10.1 Å². The van der Waals surface area contributed by atoms with Crippen molar-refractivity contribution in [3.8, 4) is 11.8 Å². The molecule has 0 spiro atoms. The lowest BCUT2D eigenvalue weighted by molar-refractivity contribution is 0.316. The van der Waals surface area contributed by atoms with Gasteiger partial charge in [0.15, 0.2) is 5.69 Å². The van der Waals surface area contributed by atoms with Gasteiger partial charge in [0.2, 0.25) is 0 Å². The molecule has 3 rings (SSSR count). The second-order valence-corrected chi connectivity index (χ2v) is 5.17. The smallest absolute Gasteiger partial charge is 0.163 e. The van der Waals surface area contributed by atoms with Gasteiger partial charge in [-0.1, -0.05) is 23.7 Å². The van der Waals surface area contributed by atoms with Crippen molar-refractivity contribution >= 4 is 17.4 Å². The molecule has 0 saturated heterocycles. The number of ether oxygens (including phenoxy) is 1. The first-order valence-electron chi connectivity index (χ1n) is 6.69. The molecule has 106 valence electrons. The fourth-order valence-electron chi connectivity index (χ4n) is 2.37. The van der Waals surface area contributed by atoms with Crippen molar-refractivity contribution in [2.75, 3.05) is 11.9 Å². The van der Waals surface area contributed by atoms with Gasteiger partial charge in [-0.05, 0) is 31.0 Å². The molecule has 0 aliphatic carbocycles. The highest BCUT2D eigenvalue weighted by Gasteiger charge is 2.21. The highest BCUT2D eigenvalue weighted by Crippen LogP contribution is 2.38. The van der Waals surface area contributed by atoms with Crippen LogP contribution in [0.4, 0.5) is 5.82 Å². The quantitative estimate of drug-likeness (QED) is 0.921. The minimum atomic E-state index is 0.0587. The number of fused-ring (bicyclic) bond motifs is 1. The van der Waals surface area contributed by atoms with Gasteiger partial charge in [-0.3, -0.25) is 0 Å². The van der Waals surface area contributed by atoms with Gasteiger partial charge in [0.25, 0.3) is 0 Å². The highest BCUT2D eigenvalue weighted by atomic mass is 35.5. The summed E-state index contributed by atoms with van der Waals surface area (Å²) in [5, 5.41) is 20.5. The summed E-state index contributed by atoms with van der Waals surface area (Å²) in [4.78, 5) is 0. The number of nitriles is 1. The maximum atomic E-state index is 8.74. The average molecular weight is 301 g/mol. The molecule has 1 aliphatic rings. The van der Waals surface area contributed by atoms with E-state index in [9.17, 15) is 0 Å². The molecule has 1 aromatic heterocycles. The fraction of sp³-hybridized carbons (Fsp3) is 0.267. The number of aromatic nitrogens is 2. The Kier molecular flexibility index (Phi) is 3.89. The molecule has 1 aliphatic heterocycles. The number of hydrogen-bond donors (Lipinski definition) is 1. The summed E-state index contributed by atoms with van der Waals surface area (Å²) < 4.78 is 5.73. The van der Waals surface area contributed by atoms with Crippen molar-refractivity contribution < 1.29 is 4.74 Å². The second kappa shape index (κ2) is 5.98. The molecule has 1 unspecified atom stereocenters. The van der Waals surface area contributed by atoms with Gasteiger partial charge in [0.1, 0.15) is 17.6 Å². The van der Waals surface area contributed by atoms with Crippen LogP contribution in [0.15, 0.2) is 30.3 Å². The van der Waals surface area contributed by atoms with E-state index in [1.54, 1.807) is 12.1 Å². The van der Waals surface area contributed by atoms with Crippen molar-refractivity contribution in [1.82, 2.24) is 10.2 Å². The van der Waals surface area contributed by atoms with E-state index in [1.165, 1.54) is 0 Å². The lowest BCUT2D eigenvalue weighted by Crippen LogP contribution is -2.12. The van der Waals surface area contributed by atoms with Crippen LogP contribution in [-0.2, 0) is 0 Å². The number of halogens is 1. The molecule has 0 amide bonds. The lowest BCUT2D eigenvalue weighted by Gasteiger charge is -2.19. The van der Waals surface area contributed by atoms with Crippen LogP contribution in [0.2, 0.25) is 5.02 Å². The molecule has 1 atom stereocenters. The van der Waals surface area contributed by atoms with Gasteiger partial charge in [0, 0.05) is 5.56 Å². The van der Waals surface area contributed by atoms with E-state index < -0.39 is 0 Å². The number of nitrogens with one attached hydrogen (secondary N) is 1. The highest BCUT2D eigenvalue weighted by molar-refractivity contribution is 6.32. The Morgan fingerprint density at radius 3 is 2.95 bits per heavy atom. The molecule has 1 N–H and O–H groups in total. The summed E-state index contributed by atoms with van der Waals surface area (Å²) in [7, 11) is 0. The van der Waals surface area contributed by atoms with Crippen LogP contribution < -0.4 is 10.1 Å². The number of benzene rings is 1. The Morgan fingerprint density at radius 1 is 1.29 bits per heavy atom. The summed E-state index contributed by atoms with van der Waals surface area (Å²) in [6, 6.07) is 11.1. The van der Waals surface area contributed by atoms with Crippen LogP contribution in [0, 0.1) is 11.3 Å². The molecule has 2 aromatic rings. The zero-order valence-electron chi connectivity index (χ0n) is 11.2.